The Balaban J connectivity index is 2.03. The van der Waals surface area contributed by atoms with E-state index in [1.165, 1.54) is 31.4 Å². The predicted molar refractivity (Wildman–Crippen MR) is 79.2 cm³/mol. The second-order valence-corrected chi connectivity index (χ2v) is 5.34. The van der Waals surface area contributed by atoms with Gasteiger partial charge in [0, 0.05) is 29.7 Å². The number of aliphatic hydroxyl groups excluding tert-OH is 1. The molecular weight excluding hydrogens is 304 g/mol. The van der Waals surface area contributed by atoms with Crippen molar-refractivity contribution in [3.8, 4) is 34.5 Å². The molecule has 2 atom stereocenters. The molecule has 2 aromatic rings. The fourth-order valence-electron chi connectivity index (χ4n) is 2.68. The third-order valence-electron chi connectivity index (χ3n) is 3.81. The van der Waals surface area contributed by atoms with Crippen LogP contribution in [0, 0.1) is 0 Å². The highest BCUT2D eigenvalue weighted by atomic mass is 16.5. The van der Waals surface area contributed by atoms with Gasteiger partial charge < -0.3 is 35.0 Å². The SMILES string of the molecule is COc1cc([C@H]2Oc3cc(O)cc(O)c3C[C@H]2O)cc(O)c1O. The van der Waals surface area contributed by atoms with Crippen LogP contribution >= 0.6 is 0 Å². The fourth-order valence-corrected chi connectivity index (χ4v) is 2.68. The highest BCUT2D eigenvalue weighted by Gasteiger charge is 2.33. The Kier molecular flexibility index (Phi) is 3.57. The van der Waals surface area contributed by atoms with Gasteiger partial charge in [0.1, 0.15) is 17.2 Å². The lowest BCUT2D eigenvalue weighted by Gasteiger charge is -2.31. The van der Waals surface area contributed by atoms with E-state index in [0.29, 0.717) is 11.1 Å². The smallest absolute Gasteiger partial charge is 0.200 e. The van der Waals surface area contributed by atoms with E-state index < -0.39 is 23.7 Å². The Morgan fingerprint density at radius 2 is 1.78 bits per heavy atom. The maximum absolute atomic E-state index is 10.3. The zero-order chi connectivity index (χ0) is 16.7. The molecule has 0 bridgehead atoms. The van der Waals surface area contributed by atoms with Crippen LogP contribution in [0.4, 0.5) is 0 Å². The van der Waals surface area contributed by atoms with E-state index in [4.69, 9.17) is 9.47 Å². The van der Waals surface area contributed by atoms with Crippen molar-refractivity contribution in [3.63, 3.8) is 0 Å². The van der Waals surface area contributed by atoms with Gasteiger partial charge in [-0.15, -0.1) is 0 Å². The first-order valence-electron chi connectivity index (χ1n) is 6.90. The van der Waals surface area contributed by atoms with Crippen LogP contribution in [0.25, 0.3) is 0 Å². The van der Waals surface area contributed by atoms with Gasteiger partial charge in [-0.3, -0.25) is 0 Å². The number of aromatic hydroxyl groups is 4. The van der Waals surface area contributed by atoms with Gasteiger partial charge in [-0.1, -0.05) is 0 Å². The number of phenols is 4. The van der Waals surface area contributed by atoms with E-state index in [9.17, 15) is 25.5 Å². The van der Waals surface area contributed by atoms with Crippen LogP contribution in [0.1, 0.15) is 17.2 Å². The van der Waals surface area contributed by atoms with Crippen LogP contribution in [0.2, 0.25) is 0 Å². The molecule has 1 aliphatic heterocycles. The first-order valence-corrected chi connectivity index (χ1v) is 6.90. The molecular formula is C16H16O7. The van der Waals surface area contributed by atoms with Crippen molar-refractivity contribution >= 4 is 0 Å². The Labute approximate surface area is 131 Å². The molecule has 0 aliphatic carbocycles. The molecule has 7 nitrogen and oxygen atoms in total. The molecule has 3 rings (SSSR count). The molecule has 0 radical (unpaired) electrons. The minimum absolute atomic E-state index is 0.0420. The number of benzene rings is 2. The molecule has 5 N–H and O–H groups in total. The van der Waals surface area contributed by atoms with Crippen molar-refractivity contribution in [2.75, 3.05) is 7.11 Å². The van der Waals surface area contributed by atoms with Crippen molar-refractivity contribution in [1.29, 1.82) is 0 Å². The molecule has 23 heavy (non-hydrogen) atoms. The van der Waals surface area contributed by atoms with Crippen LogP contribution in [0.5, 0.6) is 34.5 Å². The van der Waals surface area contributed by atoms with E-state index >= 15 is 0 Å². The van der Waals surface area contributed by atoms with Gasteiger partial charge in [0.2, 0.25) is 5.75 Å². The summed E-state index contributed by atoms with van der Waals surface area (Å²) in [6.07, 6.45) is -1.74. The molecule has 0 fully saturated rings. The number of methoxy groups -OCH3 is 1. The van der Waals surface area contributed by atoms with E-state index in [0.717, 1.165) is 0 Å². The molecule has 0 aromatic heterocycles. The molecule has 1 heterocycles. The first kappa shape index (κ1) is 15.1. The highest BCUT2D eigenvalue weighted by Crippen LogP contribution is 2.44. The Hall–Kier alpha value is -2.80. The van der Waals surface area contributed by atoms with Gasteiger partial charge in [0.05, 0.1) is 13.2 Å². The van der Waals surface area contributed by atoms with Gasteiger partial charge in [0.25, 0.3) is 0 Å². The van der Waals surface area contributed by atoms with Crippen molar-refractivity contribution in [2.45, 2.75) is 18.6 Å². The minimum atomic E-state index is -0.994. The maximum Gasteiger partial charge on any atom is 0.200 e. The lowest BCUT2D eigenvalue weighted by Crippen LogP contribution is -2.30. The molecule has 0 saturated heterocycles. The molecule has 0 amide bonds. The number of rotatable bonds is 2. The zero-order valence-corrected chi connectivity index (χ0v) is 12.2. The number of aliphatic hydroxyl groups is 1. The molecule has 0 spiro atoms. The third-order valence-corrected chi connectivity index (χ3v) is 3.81. The van der Waals surface area contributed by atoms with Crippen LogP contribution in [-0.4, -0.2) is 38.7 Å². The van der Waals surface area contributed by atoms with Gasteiger partial charge in [-0.25, -0.2) is 0 Å². The summed E-state index contributed by atoms with van der Waals surface area (Å²) in [5, 5.41) is 49.1. The summed E-state index contributed by atoms with van der Waals surface area (Å²) < 4.78 is 10.6. The van der Waals surface area contributed by atoms with Crippen molar-refractivity contribution in [3.05, 3.63) is 35.4 Å². The standard InChI is InChI=1S/C16H16O7/c1-22-14-3-7(2-11(19)15(14)21)16-12(20)6-9-10(18)4-8(17)5-13(9)23-16/h2-5,12,16-21H,6H2,1H3/t12-,16-/m1/s1. The minimum Gasteiger partial charge on any atom is -0.508 e. The quantitative estimate of drug-likeness (QED) is 0.533. The Morgan fingerprint density at radius 3 is 2.48 bits per heavy atom. The number of fused-ring (bicyclic) bond motifs is 1. The average Bonchev–Trinajstić information content (AvgIpc) is 2.50. The summed E-state index contributed by atoms with van der Waals surface area (Å²) in [7, 11) is 1.34. The highest BCUT2D eigenvalue weighted by molar-refractivity contribution is 5.54. The van der Waals surface area contributed by atoms with Gasteiger partial charge in [-0.05, 0) is 12.1 Å². The van der Waals surface area contributed by atoms with E-state index in [-0.39, 0.29) is 29.4 Å². The van der Waals surface area contributed by atoms with E-state index in [1.807, 2.05) is 0 Å². The predicted octanol–water partition coefficient (Wildman–Crippen LogP) is 1.55. The van der Waals surface area contributed by atoms with Crippen molar-refractivity contribution in [2.24, 2.45) is 0 Å². The van der Waals surface area contributed by atoms with Gasteiger partial charge in [0.15, 0.2) is 17.6 Å². The summed E-state index contributed by atoms with van der Waals surface area (Å²) >= 11 is 0. The van der Waals surface area contributed by atoms with E-state index in [2.05, 4.69) is 0 Å². The normalized spacial score (nSPS) is 19.7. The van der Waals surface area contributed by atoms with Crippen molar-refractivity contribution in [1.82, 2.24) is 0 Å². The second kappa shape index (κ2) is 5.44. The summed E-state index contributed by atoms with van der Waals surface area (Å²) in [6, 6.07) is 5.21. The summed E-state index contributed by atoms with van der Waals surface area (Å²) in [5.41, 5.74) is 0.777. The summed E-state index contributed by atoms with van der Waals surface area (Å²) in [4.78, 5) is 0. The molecule has 122 valence electrons. The molecule has 2 aromatic carbocycles. The van der Waals surface area contributed by atoms with Gasteiger partial charge >= 0.3 is 0 Å². The zero-order valence-electron chi connectivity index (χ0n) is 12.2. The monoisotopic (exact) mass is 320 g/mol. The molecule has 0 unspecified atom stereocenters. The average molecular weight is 320 g/mol. The summed E-state index contributed by atoms with van der Waals surface area (Å²) in [6.45, 7) is 0. The van der Waals surface area contributed by atoms with Crippen LogP contribution in [-0.2, 0) is 6.42 Å². The lowest BCUT2D eigenvalue weighted by molar-refractivity contribution is 0.0196. The number of hydrogen-bond donors (Lipinski definition) is 5. The van der Waals surface area contributed by atoms with Gasteiger partial charge in [-0.2, -0.15) is 0 Å². The topological polar surface area (TPSA) is 120 Å². The maximum atomic E-state index is 10.3. The number of ether oxygens (including phenoxy) is 2. The molecule has 1 aliphatic rings. The molecule has 0 saturated carbocycles. The fraction of sp³-hybridized carbons (Fsp3) is 0.250. The van der Waals surface area contributed by atoms with Crippen LogP contribution in [0.15, 0.2) is 24.3 Å². The van der Waals surface area contributed by atoms with E-state index in [1.54, 1.807) is 0 Å². The largest absolute Gasteiger partial charge is 0.508 e. The second-order valence-electron chi connectivity index (χ2n) is 5.34. The lowest BCUT2D eigenvalue weighted by atomic mass is 9.93. The molecule has 7 heteroatoms. The number of hydrogen-bond acceptors (Lipinski definition) is 7. The Morgan fingerprint density at radius 1 is 1.04 bits per heavy atom. The van der Waals surface area contributed by atoms with Crippen LogP contribution in [0.3, 0.4) is 0 Å². The summed E-state index contributed by atoms with van der Waals surface area (Å²) in [5.74, 6) is -0.854. The number of phenolic OH excluding ortho intramolecular Hbond substituents is 4. The van der Waals surface area contributed by atoms with Crippen LogP contribution < -0.4 is 9.47 Å². The Bertz CT molecular complexity index is 757. The van der Waals surface area contributed by atoms with Crippen molar-refractivity contribution < 1.29 is 35.0 Å². The first-order chi connectivity index (χ1) is 10.9. The third kappa shape index (κ3) is 2.55.